The van der Waals surface area contributed by atoms with Crippen molar-refractivity contribution in [1.29, 1.82) is 0 Å². The predicted molar refractivity (Wildman–Crippen MR) is 70.0 cm³/mol. The van der Waals surface area contributed by atoms with Crippen molar-refractivity contribution in [2.24, 2.45) is 0 Å². The number of carbonyl (C=O) groups excluding carboxylic acids is 1. The van der Waals surface area contributed by atoms with E-state index in [2.05, 4.69) is 0 Å². The molecule has 0 aliphatic carbocycles. The largest absolute Gasteiger partial charge is 0.334 e. The van der Waals surface area contributed by atoms with Gasteiger partial charge in [0, 0.05) is 18.0 Å². The third kappa shape index (κ3) is 3.06. The Morgan fingerprint density at radius 2 is 1.95 bits per heavy atom. The van der Waals surface area contributed by atoms with E-state index in [-0.39, 0.29) is 24.9 Å². The number of likely N-dealkylation sites (tertiary alicyclic amines) is 1. The molecule has 2 rings (SSSR count). The molecular formula is C12H13ClFNO3S. The minimum atomic E-state index is -4.67. The first-order valence-electron chi connectivity index (χ1n) is 5.77. The molecule has 1 aliphatic heterocycles. The fourth-order valence-electron chi connectivity index (χ4n) is 2.18. The number of benzene rings is 1. The fraction of sp³-hybridized carbons (Fsp3) is 0.417. The highest BCUT2D eigenvalue weighted by Gasteiger charge is 2.40. The Morgan fingerprint density at radius 3 is 2.42 bits per heavy atom. The lowest BCUT2D eigenvalue weighted by Crippen LogP contribution is -2.30. The van der Waals surface area contributed by atoms with E-state index < -0.39 is 15.5 Å². The molecule has 2 atom stereocenters. The van der Waals surface area contributed by atoms with Crippen molar-refractivity contribution in [3.05, 3.63) is 34.9 Å². The molecular weight excluding hydrogens is 293 g/mol. The maximum absolute atomic E-state index is 12.9. The first kappa shape index (κ1) is 14.3. The minimum absolute atomic E-state index is 0.110. The molecule has 104 valence electrons. The van der Waals surface area contributed by atoms with Gasteiger partial charge in [-0.3, -0.25) is 4.79 Å². The Bertz CT molecular complexity index is 587. The molecule has 1 amide bonds. The van der Waals surface area contributed by atoms with Gasteiger partial charge in [-0.15, -0.1) is 3.89 Å². The summed E-state index contributed by atoms with van der Waals surface area (Å²) >= 11 is 5.78. The van der Waals surface area contributed by atoms with Crippen LogP contribution >= 0.6 is 11.6 Å². The summed E-state index contributed by atoms with van der Waals surface area (Å²) < 4.78 is 34.7. The molecule has 2 unspecified atom stereocenters. The van der Waals surface area contributed by atoms with Crippen molar-refractivity contribution in [2.75, 3.05) is 6.54 Å². The molecule has 1 fully saturated rings. The SMILES string of the molecule is CC(c1ccc(Cl)cc1)N1CC(S(=O)(=O)F)CC1=O. The third-order valence-electron chi connectivity index (χ3n) is 3.34. The van der Waals surface area contributed by atoms with Crippen molar-refractivity contribution in [3.8, 4) is 0 Å². The minimum Gasteiger partial charge on any atom is -0.334 e. The summed E-state index contributed by atoms with van der Waals surface area (Å²) in [5, 5.41) is -0.678. The number of rotatable bonds is 3. The average molecular weight is 306 g/mol. The zero-order valence-electron chi connectivity index (χ0n) is 10.2. The molecule has 0 saturated carbocycles. The first-order valence-corrected chi connectivity index (χ1v) is 7.60. The molecule has 0 radical (unpaired) electrons. The van der Waals surface area contributed by atoms with E-state index in [1.165, 1.54) is 4.90 Å². The van der Waals surface area contributed by atoms with Crippen LogP contribution < -0.4 is 0 Å². The van der Waals surface area contributed by atoms with E-state index in [4.69, 9.17) is 11.6 Å². The summed E-state index contributed by atoms with van der Waals surface area (Å²) in [7, 11) is -4.67. The predicted octanol–water partition coefficient (Wildman–Crippen LogP) is 2.30. The second kappa shape index (κ2) is 5.09. The Kier molecular flexibility index (Phi) is 3.82. The molecule has 0 spiro atoms. The zero-order valence-corrected chi connectivity index (χ0v) is 11.8. The van der Waals surface area contributed by atoms with Crippen molar-refractivity contribution < 1.29 is 17.1 Å². The van der Waals surface area contributed by atoms with Gasteiger partial charge in [-0.2, -0.15) is 8.42 Å². The maximum Gasteiger partial charge on any atom is 0.307 e. The first-order chi connectivity index (χ1) is 8.79. The van der Waals surface area contributed by atoms with Crippen LogP contribution in [0.4, 0.5) is 3.89 Å². The highest BCUT2D eigenvalue weighted by atomic mass is 35.5. The second-order valence-corrected chi connectivity index (χ2v) is 6.63. The van der Waals surface area contributed by atoms with Gasteiger partial charge in [0.2, 0.25) is 5.91 Å². The third-order valence-corrected chi connectivity index (χ3v) is 4.71. The highest BCUT2D eigenvalue weighted by molar-refractivity contribution is 7.87. The van der Waals surface area contributed by atoms with Crippen molar-refractivity contribution >= 4 is 27.7 Å². The number of carbonyl (C=O) groups is 1. The lowest BCUT2D eigenvalue weighted by atomic mass is 10.1. The Balaban J connectivity index is 2.18. The van der Waals surface area contributed by atoms with Gasteiger partial charge in [0.05, 0.1) is 6.04 Å². The molecule has 1 saturated heterocycles. The van der Waals surface area contributed by atoms with Gasteiger partial charge < -0.3 is 4.90 Å². The Labute approximate surface area is 116 Å². The quantitative estimate of drug-likeness (QED) is 0.805. The summed E-state index contributed by atoms with van der Waals surface area (Å²) in [5.74, 6) is -0.353. The van der Waals surface area contributed by atoms with Crippen LogP contribution in [0.5, 0.6) is 0 Å². The Hall–Kier alpha value is -1.14. The van der Waals surface area contributed by atoms with Crippen LogP contribution in [0.3, 0.4) is 0 Å². The molecule has 0 bridgehead atoms. The van der Waals surface area contributed by atoms with E-state index in [1.807, 2.05) is 0 Å². The molecule has 1 heterocycles. The van der Waals surface area contributed by atoms with Gasteiger partial charge in [-0.25, -0.2) is 0 Å². The smallest absolute Gasteiger partial charge is 0.307 e. The summed E-state index contributed by atoms with van der Waals surface area (Å²) in [6.07, 6.45) is -0.295. The lowest BCUT2D eigenvalue weighted by molar-refractivity contribution is -0.129. The van der Waals surface area contributed by atoms with E-state index in [0.717, 1.165) is 5.56 Å². The second-order valence-electron chi connectivity index (χ2n) is 4.58. The molecule has 4 nitrogen and oxygen atoms in total. The molecule has 19 heavy (non-hydrogen) atoms. The molecule has 1 aromatic carbocycles. The van der Waals surface area contributed by atoms with E-state index >= 15 is 0 Å². The van der Waals surface area contributed by atoms with Crippen LogP contribution in [-0.2, 0) is 15.0 Å². The summed E-state index contributed by atoms with van der Waals surface area (Å²) in [4.78, 5) is 13.2. The van der Waals surface area contributed by atoms with Crippen LogP contribution in [0.25, 0.3) is 0 Å². The molecule has 7 heteroatoms. The topological polar surface area (TPSA) is 54.5 Å². The van der Waals surface area contributed by atoms with Crippen LogP contribution in [-0.4, -0.2) is 31.0 Å². The van der Waals surface area contributed by atoms with Gasteiger partial charge in [0.1, 0.15) is 5.25 Å². The number of halogens is 2. The number of hydrogen-bond acceptors (Lipinski definition) is 3. The highest BCUT2D eigenvalue weighted by Crippen LogP contribution is 2.29. The van der Waals surface area contributed by atoms with E-state index in [1.54, 1.807) is 31.2 Å². The van der Waals surface area contributed by atoms with Gasteiger partial charge in [0.15, 0.2) is 0 Å². The maximum atomic E-state index is 12.9. The normalized spacial score (nSPS) is 21.7. The monoisotopic (exact) mass is 305 g/mol. The summed E-state index contributed by atoms with van der Waals surface area (Å²) in [6.45, 7) is 1.66. The molecule has 1 aromatic rings. The van der Waals surface area contributed by atoms with Gasteiger partial charge >= 0.3 is 10.2 Å². The van der Waals surface area contributed by atoms with Gasteiger partial charge in [0.25, 0.3) is 0 Å². The van der Waals surface area contributed by atoms with Crippen LogP contribution in [0.15, 0.2) is 24.3 Å². The summed E-state index contributed by atoms with van der Waals surface area (Å²) in [5.41, 5.74) is 0.828. The van der Waals surface area contributed by atoms with Crippen molar-refractivity contribution in [3.63, 3.8) is 0 Å². The van der Waals surface area contributed by atoms with Crippen LogP contribution in [0.1, 0.15) is 24.9 Å². The number of amides is 1. The van der Waals surface area contributed by atoms with Gasteiger partial charge in [-0.05, 0) is 24.6 Å². The van der Waals surface area contributed by atoms with E-state index in [9.17, 15) is 17.1 Å². The van der Waals surface area contributed by atoms with Crippen LogP contribution in [0, 0.1) is 0 Å². The van der Waals surface area contributed by atoms with Crippen molar-refractivity contribution in [1.82, 2.24) is 4.90 Å². The lowest BCUT2D eigenvalue weighted by Gasteiger charge is -2.24. The zero-order chi connectivity index (χ0) is 14.2. The number of hydrogen-bond donors (Lipinski definition) is 0. The standard InChI is InChI=1S/C12H13ClFNO3S/c1-8(9-2-4-10(13)5-3-9)15-7-11(6-12(15)16)19(14,17)18/h2-5,8,11H,6-7H2,1H3. The van der Waals surface area contributed by atoms with E-state index in [0.29, 0.717) is 5.02 Å². The Morgan fingerprint density at radius 1 is 1.37 bits per heavy atom. The van der Waals surface area contributed by atoms with Crippen molar-refractivity contribution in [2.45, 2.75) is 24.6 Å². The number of nitrogens with zero attached hydrogens (tertiary/aromatic N) is 1. The molecule has 0 aromatic heterocycles. The molecule has 0 N–H and O–H groups in total. The molecule has 1 aliphatic rings. The van der Waals surface area contributed by atoms with Gasteiger partial charge in [-0.1, -0.05) is 23.7 Å². The summed E-state index contributed by atoms with van der Waals surface area (Å²) in [6, 6.07) is 6.60. The van der Waals surface area contributed by atoms with Crippen LogP contribution in [0.2, 0.25) is 5.02 Å². The average Bonchev–Trinajstić information content (AvgIpc) is 2.71. The fourth-order valence-corrected chi connectivity index (χ4v) is 2.99.